The Morgan fingerprint density at radius 2 is 2.00 bits per heavy atom. The number of carbonyl (C=O) groups is 1. The van der Waals surface area contributed by atoms with Crippen LogP contribution < -0.4 is 0 Å². The average molecular weight is 363 g/mol. The first kappa shape index (κ1) is 17.4. The minimum atomic E-state index is -0.658. The Morgan fingerprint density at radius 1 is 1.32 bits per heavy atom. The predicted octanol–water partition coefficient (Wildman–Crippen LogP) is 1.50. The lowest BCUT2D eigenvalue weighted by Gasteiger charge is -2.26. The van der Waals surface area contributed by atoms with Crippen LogP contribution in [-0.4, -0.2) is 56.8 Å². The lowest BCUT2D eigenvalue weighted by molar-refractivity contribution is -0.394. The van der Waals surface area contributed by atoms with Crippen molar-refractivity contribution in [1.82, 2.24) is 19.7 Å². The van der Waals surface area contributed by atoms with E-state index in [1.165, 1.54) is 16.4 Å². The third kappa shape index (κ3) is 4.34. The van der Waals surface area contributed by atoms with E-state index in [0.29, 0.717) is 31.5 Å². The van der Waals surface area contributed by atoms with Crippen molar-refractivity contribution in [3.63, 3.8) is 0 Å². The van der Waals surface area contributed by atoms with Crippen LogP contribution in [0.5, 0.6) is 0 Å². The molecule has 0 N–H and O–H groups in total. The number of carbonyl (C=O) groups excluding carboxylic acids is 1. The summed E-state index contributed by atoms with van der Waals surface area (Å²) in [6, 6.07) is 7.68. The topological polar surface area (TPSA) is 103 Å². The van der Waals surface area contributed by atoms with E-state index in [9.17, 15) is 14.9 Å². The average Bonchev–Trinajstić information content (AvgIpc) is 3.00. The zero-order valence-electron chi connectivity index (χ0n) is 13.6. The second-order valence-corrected chi connectivity index (χ2v) is 6.56. The Bertz CT molecular complexity index is 771. The minimum absolute atomic E-state index is 0.0883. The lowest BCUT2D eigenvalue weighted by Crippen LogP contribution is -2.42. The molecule has 0 bridgehead atoms. The van der Waals surface area contributed by atoms with Crippen LogP contribution in [0.25, 0.3) is 0 Å². The van der Waals surface area contributed by atoms with Crippen molar-refractivity contribution in [2.24, 2.45) is 0 Å². The third-order valence-corrected chi connectivity index (χ3v) is 4.66. The first-order valence-electron chi connectivity index (χ1n) is 7.72. The summed E-state index contributed by atoms with van der Waals surface area (Å²) < 4.78 is 6.52. The summed E-state index contributed by atoms with van der Waals surface area (Å²) >= 11 is 1.24. The molecule has 0 spiro atoms. The van der Waals surface area contributed by atoms with Gasteiger partial charge >= 0.3 is 5.95 Å². The summed E-state index contributed by atoms with van der Waals surface area (Å²) in [7, 11) is 0. The molecule has 2 aromatic rings. The fourth-order valence-corrected chi connectivity index (χ4v) is 3.15. The van der Waals surface area contributed by atoms with Crippen molar-refractivity contribution in [2.75, 3.05) is 26.3 Å². The van der Waals surface area contributed by atoms with E-state index in [0.717, 1.165) is 10.5 Å². The highest BCUT2D eigenvalue weighted by Crippen LogP contribution is 2.27. The Labute approximate surface area is 148 Å². The van der Waals surface area contributed by atoms with Crippen LogP contribution in [-0.2, 0) is 16.1 Å². The van der Waals surface area contributed by atoms with Crippen LogP contribution in [0.3, 0.4) is 0 Å². The van der Waals surface area contributed by atoms with E-state index in [2.05, 4.69) is 10.1 Å². The molecule has 10 heteroatoms. The molecule has 132 valence electrons. The number of aryl methyl sites for hydroxylation is 1. The molecule has 1 saturated heterocycles. The van der Waals surface area contributed by atoms with E-state index in [1.807, 2.05) is 31.2 Å². The van der Waals surface area contributed by atoms with Gasteiger partial charge in [-0.3, -0.25) is 4.79 Å². The molecule has 1 aromatic heterocycles. The quantitative estimate of drug-likeness (QED) is 0.586. The number of nitro groups is 1. The van der Waals surface area contributed by atoms with Crippen LogP contribution >= 0.6 is 11.8 Å². The molecule has 1 fully saturated rings. The van der Waals surface area contributed by atoms with E-state index in [1.54, 1.807) is 4.90 Å². The highest BCUT2D eigenvalue weighted by atomic mass is 32.2. The van der Waals surface area contributed by atoms with Gasteiger partial charge in [0, 0.05) is 23.1 Å². The first-order chi connectivity index (χ1) is 12.0. The van der Waals surface area contributed by atoms with Gasteiger partial charge in [0.1, 0.15) is 6.54 Å². The van der Waals surface area contributed by atoms with Gasteiger partial charge in [-0.15, -0.1) is 0 Å². The zero-order chi connectivity index (χ0) is 17.8. The number of amides is 1. The number of ether oxygens (including phenoxy) is 1. The second kappa shape index (κ2) is 7.62. The number of benzene rings is 1. The Balaban J connectivity index is 1.80. The molecule has 3 rings (SSSR count). The number of aromatic nitrogens is 3. The van der Waals surface area contributed by atoms with Crippen molar-refractivity contribution in [2.45, 2.75) is 23.5 Å². The molecule has 0 saturated carbocycles. The molecule has 0 radical (unpaired) electrons. The maximum atomic E-state index is 12.4. The predicted molar refractivity (Wildman–Crippen MR) is 89.4 cm³/mol. The van der Waals surface area contributed by atoms with Crippen molar-refractivity contribution < 1.29 is 14.5 Å². The minimum Gasteiger partial charge on any atom is -0.390 e. The fourth-order valence-electron chi connectivity index (χ4n) is 2.32. The van der Waals surface area contributed by atoms with Gasteiger partial charge in [0.2, 0.25) is 5.91 Å². The molecule has 0 aliphatic carbocycles. The van der Waals surface area contributed by atoms with Gasteiger partial charge in [-0.25, -0.2) is 0 Å². The fraction of sp³-hybridized carbons (Fsp3) is 0.400. The SMILES string of the molecule is Cc1ccc(Sc2nc([N+](=O)[O-])nn2CC(=O)N2CCOCC2)cc1. The molecule has 0 atom stereocenters. The maximum absolute atomic E-state index is 12.4. The molecule has 9 nitrogen and oxygen atoms in total. The summed E-state index contributed by atoms with van der Waals surface area (Å²) in [4.78, 5) is 29.2. The van der Waals surface area contributed by atoms with E-state index in [4.69, 9.17) is 4.74 Å². The van der Waals surface area contributed by atoms with Crippen LogP contribution in [0.1, 0.15) is 5.56 Å². The number of nitrogens with zero attached hydrogens (tertiary/aromatic N) is 5. The standard InChI is InChI=1S/C15H17N5O4S/c1-11-2-4-12(5-3-11)25-15-16-14(20(22)23)17-19(15)10-13(21)18-6-8-24-9-7-18/h2-5H,6-10H2,1H3. The molecule has 1 aliphatic rings. The Morgan fingerprint density at radius 3 is 2.64 bits per heavy atom. The molecule has 25 heavy (non-hydrogen) atoms. The van der Waals surface area contributed by atoms with E-state index >= 15 is 0 Å². The zero-order valence-corrected chi connectivity index (χ0v) is 14.4. The number of rotatable bonds is 5. The van der Waals surface area contributed by atoms with Gasteiger partial charge in [-0.1, -0.05) is 17.7 Å². The van der Waals surface area contributed by atoms with Crippen molar-refractivity contribution in [3.8, 4) is 0 Å². The number of hydrogen-bond donors (Lipinski definition) is 0. The van der Waals surface area contributed by atoms with Crippen LogP contribution in [0.2, 0.25) is 0 Å². The molecule has 1 amide bonds. The van der Waals surface area contributed by atoms with Crippen LogP contribution in [0, 0.1) is 17.0 Å². The molecule has 1 aromatic carbocycles. The highest BCUT2D eigenvalue weighted by molar-refractivity contribution is 7.99. The normalized spacial score (nSPS) is 14.5. The molecular formula is C15H17N5O4S. The summed E-state index contributed by atoms with van der Waals surface area (Å²) in [5.74, 6) is -0.668. The largest absolute Gasteiger partial charge is 0.492 e. The smallest absolute Gasteiger partial charge is 0.390 e. The number of hydrogen-bond acceptors (Lipinski definition) is 7. The van der Waals surface area contributed by atoms with Crippen molar-refractivity contribution >= 4 is 23.6 Å². The second-order valence-electron chi connectivity index (χ2n) is 5.52. The van der Waals surface area contributed by atoms with Gasteiger partial charge < -0.3 is 19.8 Å². The lowest BCUT2D eigenvalue weighted by atomic mass is 10.2. The highest BCUT2D eigenvalue weighted by Gasteiger charge is 2.26. The Kier molecular flexibility index (Phi) is 5.29. The van der Waals surface area contributed by atoms with Crippen molar-refractivity contribution in [3.05, 3.63) is 39.9 Å². The molecule has 0 unspecified atom stereocenters. The van der Waals surface area contributed by atoms with Gasteiger partial charge in [0.25, 0.3) is 5.16 Å². The summed E-state index contributed by atoms with van der Waals surface area (Å²) in [6.45, 7) is 3.90. The van der Waals surface area contributed by atoms with E-state index < -0.39 is 10.9 Å². The van der Waals surface area contributed by atoms with Gasteiger partial charge in [-0.2, -0.15) is 4.68 Å². The third-order valence-electron chi connectivity index (χ3n) is 3.67. The summed E-state index contributed by atoms with van der Waals surface area (Å²) in [5, 5.41) is 15.2. The first-order valence-corrected chi connectivity index (χ1v) is 8.54. The van der Waals surface area contributed by atoms with Crippen LogP contribution in [0.15, 0.2) is 34.3 Å². The van der Waals surface area contributed by atoms with Gasteiger partial charge in [0.05, 0.1) is 13.2 Å². The summed E-state index contributed by atoms with van der Waals surface area (Å²) in [5.41, 5.74) is 1.11. The number of morpholine rings is 1. The molecule has 1 aliphatic heterocycles. The van der Waals surface area contributed by atoms with Crippen LogP contribution in [0.4, 0.5) is 5.95 Å². The van der Waals surface area contributed by atoms with Gasteiger partial charge in [0.15, 0.2) is 0 Å². The Hall–Kier alpha value is -2.46. The molecular weight excluding hydrogens is 346 g/mol. The molecule has 2 heterocycles. The van der Waals surface area contributed by atoms with Gasteiger partial charge in [-0.05, 0) is 40.7 Å². The monoisotopic (exact) mass is 363 g/mol. The summed E-state index contributed by atoms with van der Waals surface area (Å²) in [6.07, 6.45) is 0. The van der Waals surface area contributed by atoms with Crippen molar-refractivity contribution in [1.29, 1.82) is 0 Å². The maximum Gasteiger partial charge on any atom is 0.492 e. The van der Waals surface area contributed by atoms with E-state index in [-0.39, 0.29) is 12.5 Å².